The number of aliphatic carboxylic acids is 3. The normalized spacial score (nSPS) is 26.7. The lowest BCUT2D eigenvalue weighted by Gasteiger charge is -2.33. The maximum atomic E-state index is 14.3. The van der Waals surface area contributed by atoms with Crippen molar-refractivity contribution in [1.82, 2.24) is 41.7 Å². The largest absolute Gasteiger partial charge is 0.508 e. The molecule has 3 aliphatic rings. The van der Waals surface area contributed by atoms with Gasteiger partial charge in [0, 0.05) is 19.5 Å². The van der Waals surface area contributed by atoms with Gasteiger partial charge in [-0.3, -0.25) is 52.7 Å². The number of carboxylic acid groups (broad SMARTS) is 3. The fraction of sp³-hybridized carbons (Fsp3) is 0.605. The second-order valence-corrected chi connectivity index (χ2v) is 17.0. The van der Waals surface area contributed by atoms with Crippen LogP contribution in [-0.4, -0.2) is 163 Å². The van der Waals surface area contributed by atoms with E-state index in [9.17, 15) is 73.2 Å². The van der Waals surface area contributed by atoms with Crippen molar-refractivity contribution in [3.63, 3.8) is 0 Å². The summed E-state index contributed by atoms with van der Waals surface area (Å²) in [4.78, 5) is 151. The van der Waals surface area contributed by atoms with Gasteiger partial charge in [-0.05, 0) is 75.1 Å². The standard InChI is InChI=1S/C43H61N9O15/c1-3-22(2)35-41(65)48-26(18-23-11-13-24(53)14-12-23)37(61)49-29(21-34(58)59)42(66)52-17-7-10-31(52)43(67)51-16-6-9-30(51)40(64)47-28(20-33(56)57)39(63)46-27(19-32(54)55)38(62)45-25(36(60)50-35)8-4-5-15-44/h11-14,22,25-31,35,53H,3-10,15-21,44H2,1-2H3,(H,45,62)(H,46,63)(H,47,64)(H,48,65)(H,49,61)(H,50,60)(H,54,55)(H,56,57)(H,58,59)/t22-,25-,26-,27-,28-,29-,30-,31+,35-/m0/s1. The molecule has 368 valence electrons. The number of carbonyl (C=O) groups is 11. The van der Waals surface area contributed by atoms with Crippen molar-refractivity contribution in [3.8, 4) is 5.75 Å². The topological polar surface area (TPSA) is 373 Å². The van der Waals surface area contributed by atoms with Crippen molar-refractivity contribution in [2.24, 2.45) is 11.7 Å². The van der Waals surface area contributed by atoms with Crippen LogP contribution in [0.4, 0.5) is 0 Å². The summed E-state index contributed by atoms with van der Waals surface area (Å²) >= 11 is 0. The Labute approximate surface area is 385 Å². The summed E-state index contributed by atoms with van der Waals surface area (Å²) < 4.78 is 0. The smallest absolute Gasteiger partial charge is 0.305 e. The van der Waals surface area contributed by atoms with E-state index in [2.05, 4.69) is 31.9 Å². The van der Waals surface area contributed by atoms with Gasteiger partial charge in [0.15, 0.2) is 0 Å². The number of nitrogens with two attached hydrogens (primary N) is 1. The highest BCUT2D eigenvalue weighted by Crippen LogP contribution is 2.26. The molecule has 1 aromatic carbocycles. The number of carboxylic acids is 3. The molecule has 0 spiro atoms. The Hall–Kier alpha value is -6.85. The van der Waals surface area contributed by atoms with Crippen molar-refractivity contribution in [1.29, 1.82) is 0 Å². The SMILES string of the molecule is CC[C@H](C)[C@@H]1NC(=O)[C@H](CCCCN)NC(=O)[C@H](CC(=O)O)NC(=O)[C@H](CC(=O)O)NC(=O)[C@@H]2CCCN2C(=O)[C@H]2CCCN2C(=O)[C@H](CC(=O)O)NC(=O)[C@H](Cc2ccc(O)cc2)NC1=O. The van der Waals surface area contributed by atoms with Gasteiger partial charge in [0.2, 0.25) is 47.3 Å². The molecule has 1 aromatic rings. The van der Waals surface area contributed by atoms with Crippen molar-refractivity contribution >= 4 is 65.2 Å². The minimum absolute atomic E-state index is 0.00228. The average Bonchev–Trinajstić information content (AvgIpc) is 3.97. The van der Waals surface area contributed by atoms with Crippen LogP contribution in [0.25, 0.3) is 0 Å². The predicted octanol–water partition coefficient (Wildman–Crippen LogP) is -2.56. The first kappa shape index (κ1) is 52.8. The quantitative estimate of drug-likeness (QED) is 0.0855. The number of carbonyl (C=O) groups excluding carboxylic acids is 8. The molecule has 3 heterocycles. The Morgan fingerprint density at radius 1 is 0.612 bits per heavy atom. The van der Waals surface area contributed by atoms with Gasteiger partial charge in [-0.2, -0.15) is 0 Å². The number of unbranched alkanes of at least 4 members (excludes halogenated alkanes) is 1. The van der Waals surface area contributed by atoms with Crippen LogP contribution in [0, 0.1) is 5.92 Å². The third-order valence-corrected chi connectivity index (χ3v) is 12.1. The zero-order valence-electron chi connectivity index (χ0n) is 37.4. The van der Waals surface area contributed by atoms with Gasteiger partial charge >= 0.3 is 17.9 Å². The number of amides is 8. The molecule has 3 aliphatic heterocycles. The third-order valence-electron chi connectivity index (χ3n) is 12.1. The Kier molecular flexibility index (Phi) is 19.4. The molecule has 0 radical (unpaired) electrons. The van der Waals surface area contributed by atoms with Gasteiger partial charge < -0.3 is 67.9 Å². The van der Waals surface area contributed by atoms with Crippen LogP contribution in [0.1, 0.15) is 90.0 Å². The van der Waals surface area contributed by atoms with Crippen molar-refractivity contribution in [2.75, 3.05) is 19.6 Å². The minimum Gasteiger partial charge on any atom is -0.508 e. The maximum absolute atomic E-state index is 14.3. The van der Waals surface area contributed by atoms with E-state index in [0.717, 1.165) is 9.80 Å². The fourth-order valence-electron chi connectivity index (χ4n) is 8.27. The summed E-state index contributed by atoms with van der Waals surface area (Å²) in [5, 5.41) is 53.8. The Balaban J connectivity index is 1.83. The maximum Gasteiger partial charge on any atom is 0.305 e. The third kappa shape index (κ3) is 14.8. The molecule has 9 atom stereocenters. The number of nitrogens with one attached hydrogen (secondary N) is 6. The number of rotatable bonds is 14. The van der Waals surface area contributed by atoms with E-state index in [1.807, 2.05) is 0 Å². The molecular weight excluding hydrogens is 883 g/mol. The van der Waals surface area contributed by atoms with Crippen molar-refractivity contribution in [2.45, 2.75) is 139 Å². The van der Waals surface area contributed by atoms with Gasteiger partial charge in [-0.25, -0.2) is 0 Å². The first-order valence-corrected chi connectivity index (χ1v) is 22.3. The van der Waals surface area contributed by atoms with Crippen molar-refractivity contribution < 1.29 is 73.2 Å². The first-order valence-electron chi connectivity index (χ1n) is 22.3. The highest BCUT2D eigenvalue weighted by molar-refractivity contribution is 6.01. The van der Waals surface area contributed by atoms with Crippen molar-refractivity contribution in [3.05, 3.63) is 29.8 Å². The van der Waals surface area contributed by atoms with Gasteiger partial charge in [-0.1, -0.05) is 32.4 Å². The van der Waals surface area contributed by atoms with E-state index >= 15 is 0 Å². The molecule has 0 saturated carbocycles. The lowest BCUT2D eigenvalue weighted by Crippen LogP contribution is -2.62. The molecule has 0 aliphatic carbocycles. The van der Waals surface area contributed by atoms with Crippen LogP contribution in [0.3, 0.4) is 0 Å². The van der Waals surface area contributed by atoms with E-state index in [-0.39, 0.29) is 76.8 Å². The number of hydrogen-bond acceptors (Lipinski definition) is 13. The molecule has 12 N–H and O–H groups in total. The van der Waals surface area contributed by atoms with Gasteiger partial charge in [-0.15, -0.1) is 0 Å². The average molecular weight is 944 g/mol. The molecule has 0 bridgehead atoms. The summed E-state index contributed by atoms with van der Waals surface area (Å²) in [5.41, 5.74) is 6.09. The minimum atomic E-state index is -1.93. The number of phenols is 1. The summed E-state index contributed by atoms with van der Waals surface area (Å²) in [5.74, 6) is -13.4. The van der Waals surface area contributed by atoms with Crippen LogP contribution in [0.5, 0.6) is 5.75 Å². The summed E-state index contributed by atoms with van der Waals surface area (Å²) in [6.07, 6.45) is -1.87. The highest BCUT2D eigenvalue weighted by atomic mass is 16.4. The number of phenolic OH excluding ortho intramolecular Hbond substituents is 1. The van der Waals surface area contributed by atoms with Gasteiger partial charge in [0.1, 0.15) is 54.1 Å². The number of benzene rings is 1. The lowest BCUT2D eigenvalue weighted by molar-refractivity contribution is -0.150. The Bertz CT molecular complexity index is 2030. The van der Waals surface area contributed by atoms with Gasteiger partial charge in [0.25, 0.3) is 0 Å². The summed E-state index contributed by atoms with van der Waals surface area (Å²) in [6, 6.07) is -6.99. The van der Waals surface area contributed by atoms with E-state index in [1.165, 1.54) is 24.3 Å². The van der Waals surface area contributed by atoms with Crippen LogP contribution in [0.15, 0.2) is 24.3 Å². The molecule has 4 rings (SSSR count). The summed E-state index contributed by atoms with van der Waals surface area (Å²) in [7, 11) is 0. The second-order valence-electron chi connectivity index (χ2n) is 17.0. The highest BCUT2D eigenvalue weighted by Gasteiger charge is 2.45. The molecule has 3 saturated heterocycles. The number of fused-ring (bicyclic) bond motifs is 2. The zero-order valence-corrected chi connectivity index (χ0v) is 37.4. The summed E-state index contributed by atoms with van der Waals surface area (Å²) in [6.45, 7) is 3.45. The number of aromatic hydroxyl groups is 1. The Morgan fingerprint density at radius 2 is 1.07 bits per heavy atom. The van der Waals surface area contributed by atoms with Crippen LogP contribution >= 0.6 is 0 Å². The monoisotopic (exact) mass is 943 g/mol. The van der Waals surface area contributed by atoms with E-state index < -0.39 is 139 Å². The molecule has 0 aromatic heterocycles. The number of hydrogen-bond donors (Lipinski definition) is 11. The van der Waals surface area contributed by atoms with E-state index in [0.29, 0.717) is 12.0 Å². The molecule has 24 nitrogen and oxygen atoms in total. The molecule has 3 fully saturated rings. The first-order chi connectivity index (χ1) is 31.7. The molecule has 0 unspecified atom stereocenters. The fourth-order valence-corrected chi connectivity index (χ4v) is 8.27. The second kappa shape index (κ2) is 24.6. The van der Waals surface area contributed by atoms with E-state index in [4.69, 9.17) is 5.73 Å². The van der Waals surface area contributed by atoms with Crippen LogP contribution in [-0.2, 0) is 59.2 Å². The predicted molar refractivity (Wildman–Crippen MR) is 232 cm³/mol. The van der Waals surface area contributed by atoms with Gasteiger partial charge in [0.05, 0.1) is 19.3 Å². The van der Waals surface area contributed by atoms with Crippen LogP contribution in [0.2, 0.25) is 0 Å². The van der Waals surface area contributed by atoms with E-state index in [1.54, 1.807) is 13.8 Å². The Morgan fingerprint density at radius 3 is 1.63 bits per heavy atom. The lowest BCUT2D eigenvalue weighted by atomic mass is 9.96. The molecule has 24 heteroatoms. The van der Waals surface area contributed by atoms with Crippen LogP contribution < -0.4 is 37.6 Å². The molecule has 8 amide bonds. The molecular formula is C43H61N9O15. The molecule has 67 heavy (non-hydrogen) atoms. The number of nitrogens with zero attached hydrogens (tertiary/aromatic N) is 2. The zero-order chi connectivity index (χ0) is 49.5.